The van der Waals surface area contributed by atoms with Gasteiger partial charge in [-0.1, -0.05) is 30.3 Å². The predicted molar refractivity (Wildman–Crippen MR) is 124 cm³/mol. The average molecular weight is 447 g/mol. The highest BCUT2D eigenvalue weighted by molar-refractivity contribution is 7.90. The van der Waals surface area contributed by atoms with E-state index in [9.17, 15) is 13.2 Å². The quantitative estimate of drug-likeness (QED) is 0.472. The number of aromatic amines is 1. The van der Waals surface area contributed by atoms with Gasteiger partial charge in [-0.25, -0.2) is 13.4 Å². The molecule has 0 aliphatic carbocycles. The molecule has 1 heterocycles. The summed E-state index contributed by atoms with van der Waals surface area (Å²) in [6, 6.07) is 19.9. The molecule has 3 aromatic carbocycles. The van der Waals surface area contributed by atoms with Crippen LogP contribution in [0, 0.1) is 13.8 Å². The van der Waals surface area contributed by atoms with Crippen LogP contribution in [0.4, 0.5) is 5.69 Å². The van der Waals surface area contributed by atoms with E-state index in [1.807, 2.05) is 42.5 Å². The van der Waals surface area contributed by atoms with E-state index in [4.69, 9.17) is 0 Å². The van der Waals surface area contributed by atoms with Crippen molar-refractivity contribution < 1.29 is 13.2 Å². The third-order valence-electron chi connectivity index (χ3n) is 5.25. The lowest BCUT2D eigenvalue weighted by molar-refractivity contribution is 0.102. The number of hydrogen-bond donors (Lipinski definition) is 2. The summed E-state index contributed by atoms with van der Waals surface area (Å²) in [4.78, 5) is 17.5. The Bertz CT molecular complexity index is 1390. The van der Waals surface area contributed by atoms with Gasteiger partial charge in [0.05, 0.1) is 4.90 Å². The van der Waals surface area contributed by atoms with Gasteiger partial charge >= 0.3 is 0 Å². The molecule has 0 radical (unpaired) electrons. The van der Waals surface area contributed by atoms with Gasteiger partial charge in [0.25, 0.3) is 5.91 Å². The standard InChI is InChI=1S/C24H22N4O3S/c1-15-13-20(32(3,30)31)14-21(16(15)2)24(29)25-19-11-9-18(10-12-19)23-26-22(27-28-23)17-7-5-4-6-8-17/h4-14H,1-3H3,(H,25,29)(H,26,27,28). The number of carbonyl (C=O) groups is 1. The van der Waals surface area contributed by atoms with Crippen LogP contribution < -0.4 is 5.32 Å². The maximum atomic E-state index is 12.8. The molecule has 1 aromatic heterocycles. The van der Waals surface area contributed by atoms with E-state index < -0.39 is 9.84 Å². The molecule has 0 unspecified atom stereocenters. The van der Waals surface area contributed by atoms with Crippen LogP contribution in [0.15, 0.2) is 71.6 Å². The first-order valence-corrected chi connectivity index (χ1v) is 11.8. The normalized spacial score (nSPS) is 11.3. The van der Waals surface area contributed by atoms with Crippen molar-refractivity contribution in [2.24, 2.45) is 0 Å². The molecular formula is C24H22N4O3S. The first-order valence-electron chi connectivity index (χ1n) is 9.93. The van der Waals surface area contributed by atoms with Crippen LogP contribution in [0.25, 0.3) is 22.8 Å². The molecule has 0 aliphatic heterocycles. The summed E-state index contributed by atoms with van der Waals surface area (Å²) in [7, 11) is -3.42. The van der Waals surface area contributed by atoms with Crippen molar-refractivity contribution in [2.45, 2.75) is 18.7 Å². The first-order chi connectivity index (χ1) is 15.2. The number of hydrogen-bond acceptors (Lipinski definition) is 5. The fourth-order valence-electron chi connectivity index (χ4n) is 3.29. The summed E-state index contributed by atoms with van der Waals surface area (Å²) in [5.74, 6) is 0.860. The number of rotatable bonds is 5. The Morgan fingerprint density at radius 3 is 2.28 bits per heavy atom. The third-order valence-corrected chi connectivity index (χ3v) is 6.34. The summed E-state index contributed by atoms with van der Waals surface area (Å²) in [6.07, 6.45) is 1.13. The van der Waals surface area contributed by atoms with Gasteiger partial charge in [0.1, 0.15) is 0 Å². The van der Waals surface area contributed by atoms with E-state index in [1.165, 1.54) is 6.07 Å². The monoisotopic (exact) mass is 446 g/mol. The summed E-state index contributed by atoms with van der Waals surface area (Å²) < 4.78 is 23.9. The maximum Gasteiger partial charge on any atom is 0.255 e. The van der Waals surface area contributed by atoms with Gasteiger partial charge in [-0.2, -0.15) is 5.10 Å². The van der Waals surface area contributed by atoms with Gasteiger partial charge < -0.3 is 5.32 Å². The van der Waals surface area contributed by atoms with Gasteiger partial charge in [0, 0.05) is 28.6 Å². The van der Waals surface area contributed by atoms with Crippen LogP contribution in [0.3, 0.4) is 0 Å². The molecule has 2 N–H and O–H groups in total. The number of sulfone groups is 1. The summed E-state index contributed by atoms with van der Waals surface area (Å²) in [5, 5.41) is 10.0. The Morgan fingerprint density at radius 2 is 1.62 bits per heavy atom. The van der Waals surface area contributed by atoms with E-state index in [2.05, 4.69) is 20.5 Å². The molecular weight excluding hydrogens is 424 g/mol. The minimum atomic E-state index is -3.42. The lowest BCUT2D eigenvalue weighted by atomic mass is 10.0. The van der Waals surface area contributed by atoms with Crippen molar-refractivity contribution >= 4 is 21.4 Å². The number of benzene rings is 3. The molecule has 7 nitrogen and oxygen atoms in total. The minimum absolute atomic E-state index is 0.126. The second-order valence-corrected chi connectivity index (χ2v) is 9.61. The Kier molecular flexibility index (Phi) is 5.63. The summed E-state index contributed by atoms with van der Waals surface area (Å²) in [6.45, 7) is 3.59. The number of aryl methyl sites for hydroxylation is 1. The Hall–Kier alpha value is -3.78. The molecule has 8 heteroatoms. The minimum Gasteiger partial charge on any atom is -0.322 e. The van der Waals surface area contributed by atoms with Crippen molar-refractivity contribution in [3.05, 3.63) is 83.4 Å². The fraction of sp³-hybridized carbons (Fsp3) is 0.125. The maximum absolute atomic E-state index is 12.8. The highest BCUT2D eigenvalue weighted by Gasteiger charge is 2.17. The van der Waals surface area contributed by atoms with Crippen molar-refractivity contribution in [3.8, 4) is 22.8 Å². The largest absolute Gasteiger partial charge is 0.322 e. The van der Waals surface area contributed by atoms with Gasteiger partial charge in [0.15, 0.2) is 21.5 Å². The van der Waals surface area contributed by atoms with Crippen molar-refractivity contribution in [2.75, 3.05) is 11.6 Å². The van der Waals surface area contributed by atoms with E-state index in [0.29, 0.717) is 22.9 Å². The Labute approximate surface area is 186 Å². The molecule has 162 valence electrons. The number of anilines is 1. The zero-order valence-corrected chi connectivity index (χ0v) is 18.7. The molecule has 0 aliphatic rings. The predicted octanol–water partition coefficient (Wildman–Crippen LogP) is 4.41. The lowest BCUT2D eigenvalue weighted by Gasteiger charge is -2.12. The lowest BCUT2D eigenvalue weighted by Crippen LogP contribution is -2.15. The smallest absolute Gasteiger partial charge is 0.255 e. The second-order valence-electron chi connectivity index (χ2n) is 7.59. The van der Waals surface area contributed by atoms with Crippen LogP contribution in [0.5, 0.6) is 0 Å². The molecule has 0 fully saturated rings. The second kappa shape index (κ2) is 8.39. The van der Waals surface area contributed by atoms with E-state index in [1.54, 1.807) is 32.0 Å². The van der Waals surface area contributed by atoms with Gasteiger partial charge in [-0.3, -0.25) is 9.89 Å². The van der Waals surface area contributed by atoms with Crippen LogP contribution in [0.1, 0.15) is 21.5 Å². The SMILES string of the molecule is Cc1cc(S(C)(=O)=O)cc(C(=O)Nc2ccc(-c3nc(-c4ccccc4)n[nH]3)cc2)c1C. The zero-order valence-electron chi connectivity index (χ0n) is 17.9. The Balaban J connectivity index is 1.54. The Morgan fingerprint density at radius 1 is 0.938 bits per heavy atom. The van der Waals surface area contributed by atoms with Crippen LogP contribution in [-0.4, -0.2) is 35.8 Å². The van der Waals surface area contributed by atoms with Crippen LogP contribution >= 0.6 is 0 Å². The number of H-pyrrole nitrogens is 1. The summed E-state index contributed by atoms with van der Waals surface area (Å²) in [5.41, 5.74) is 4.14. The highest BCUT2D eigenvalue weighted by Crippen LogP contribution is 2.24. The zero-order chi connectivity index (χ0) is 22.9. The molecule has 0 bridgehead atoms. The third kappa shape index (κ3) is 4.45. The molecule has 1 amide bonds. The summed E-state index contributed by atoms with van der Waals surface area (Å²) >= 11 is 0. The van der Waals surface area contributed by atoms with Gasteiger partial charge in [0.2, 0.25) is 0 Å². The number of carbonyl (C=O) groups excluding carboxylic acids is 1. The van der Waals surface area contributed by atoms with Gasteiger partial charge in [-0.15, -0.1) is 0 Å². The van der Waals surface area contributed by atoms with E-state index >= 15 is 0 Å². The molecule has 0 atom stereocenters. The molecule has 0 spiro atoms. The topological polar surface area (TPSA) is 105 Å². The van der Waals surface area contributed by atoms with Crippen molar-refractivity contribution in [1.82, 2.24) is 15.2 Å². The van der Waals surface area contributed by atoms with Crippen LogP contribution in [0.2, 0.25) is 0 Å². The van der Waals surface area contributed by atoms with Crippen molar-refractivity contribution in [1.29, 1.82) is 0 Å². The number of amides is 1. The van der Waals surface area contributed by atoms with Gasteiger partial charge in [-0.05, 0) is 61.4 Å². The molecule has 0 saturated heterocycles. The highest BCUT2D eigenvalue weighted by atomic mass is 32.2. The molecule has 0 saturated carbocycles. The van der Waals surface area contributed by atoms with E-state index in [0.717, 1.165) is 28.5 Å². The molecule has 4 rings (SSSR count). The molecule has 32 heavy (non-hydrogen) atoms. The first kappa shape index (κ1) is 21.5. The molecule has 4 aromatic rings. The van der Waals surface area contributed by atoms with E-state index in [-0.39, 0.29) is 10.8 Å². The number of aromatic nitrogens is 3. The van der Waals surface area contributed by atoms with Crippen LogP contribution in [-0.2, 0) is 9.84 Å². The number of nitrogens with one attached hydrogen (secondary N) is 2. The van der Waals surface area contributed by atoms with Crippen molar-refractivity contribution in [3.63, 3.8) is 0 Å². The number of nitrogens with zero attached hydrogens (tertiary/aromatic N) is 2. The average Bonchev–Trinajstić information content (AvgIpc) is 3.26. The fourth-order valence-corrected chi connectivity index (χ4v) is 4.02.